The molecule has 198 valence electrons. The van der Waals surface area contributed by atoms with Crippen LogP contribution in [0.4, 0.5) is 15.8 Å². The van der Waals surface area contributed by atoms with Crippen LogP contribution >= 0.6 is 0 Å². The molecule has 2 heterocycles. The van der Waals surface area contributed by atoms with E-state index in [0.29, 0.717) is 52.1 Å². The Labute approximate surface area is 219 Å². The highest BCUT2D eigenvalue weighted by Crippen LogP contribution is 2.47. The molecule has 0 bridgehead atoms. The van der Waals surface area contributed by atoms with Gasteiger partial charge in [-0.1, -0.05) is 0 Å². The van der Waals surface area contributed by atoms with Gasteiger partial charge in [-0.05, 0) is 60.5 Å². The van der Waals surface area contributed by atoms with Gasteiger partial charge in [0.15, 0.2) is 23.0 Å². The number of halogens is 1. The van der Waals surface area contributed by atoms with Crippen molar-refractivity contribution >= 4 is 23.2 Å². The quantitative estimate of drug-likeness (QED) is 0.481. The van der Waals surface area contributed by atoms with Crippen molar-refractivity contribution in [3.63, 3.8) is 0 Å². The summed E-state index contributed by atoms with van der Waals surface area (Å²) in [7, 11) is 4.50. The molecule has 2 amide bonds. The van der Waals surface area contributed by atoms with Gasteiger partial charge in [-0.15, -0.1) is 0 Å². The SMILES string of the molecule is COc1cc([C@H]2[C@H](C(=O)Nc3ccc(F)cc3)CCC(=O)N2c2ccc3c(c2)OCO3)cc(OC)c1OC. The molecule has 9 nitrogen and oxygen atoms in total. The number of nitrogens with one attached hydrogen (secondary N) is 1. The topological polar surface area (TPSA) is 95.6 Å². The van der Waals surface area contributed by atoms with Crippen LogP contribution in [0.2, 0.25) is 0 Å². The van der Waals surface area contributed by atoms with E-state index in [1.807, 2.05) is 0 Å². The van der Waals surface area contributed by atoms with Crippen molar-refractivity contribution in [3.8, 4) is 28.7 Å². The van der Waals surface area contributed by atoms with Crippen LogP contribution < -0.4 is 33.9 Å². The molecular weight excluding hydrogens is 495 g/mol. The normalized spacial score (nSPS) is 18.2. The first-order valence-electron chi connectivity index (χ1n) is 12.0. The van der Waals surface area contributed by atoms with Gasteiger partial charge in [0.2, 0.25) is 24.4 Å². The fourth-order valence-corrected chi connectivity index (χ4v) is 4.93. The molecule has 1 saturated heterocycles. The van der Waals surface area contributed by atoms with Gasteiger partial charge in [-0.2, -0.15) is 0 Å². The minimum Gasteiger partial charge on any atom is -0.493 e. The van der Waals surface area contributed by atoms with E-state index in [1.165, 1.54) is 45.6 Å². The number of anilines is 2. The van der Waals surface area contributed by atoms with Crippen LogP contribution in [0, 0.1) is 11.7 Å². The van der Waals surface area contributed by atoms with Gasteiger partial charge in [0.05, 0.1) is 33.3 Å². The molecule has 0 saturated carbocycles. The number of fused-ring (bicyclic) bond motifs is 1. The number of carbonyl (C=O) groups is 2. The van der Waals surface area contributed by atoms with Crippen molar-refractivity contribution in [1.29, 1.82) is 0 Å². The maximum absolute atomic E-state index is 13.7. The second kappa shape index (κ2) is 10.5. The average molecular weight is 523 g/mol. The zero-order valence-electron chi connectivity index (χ0n) is 21.2. The number of piperidine rings is 1. The molecule has 1 N–H and O–H groups in total. The summed E-state index contributed by atoms with van der Waals surface area (Å²) >= 11 is 0. The van der Waals surface area contributed by atoms with E-state index >= 15 is 0 Å². The lowest BCUT2D eigenvalue weighted by Crippen LogP contribution is -2.47. The molecule has 1 fully saturated rings. The predicted molar refractivity (Wildman–Crippen MR) is 137 cm³/mol. The Hall–Kier alpha value is -4.47. The van der Waals surface area contributed by atoms with Crippen LogP contribution in [-0.2, 0) is 9.59 Å². The van der Waals surface area contributed by atoms with Gasteiger partial charge in [-0.3, -0.25) is 9.59 Å². The molecule has 3 aromatic carbocycles. The monoisotopic (exact) mass is 522 g/mol. The molecule has 2 atom stereocenters. The van der Waals surface area contributed by atoms with E-state index in [0.717, 1.165) is 0 Å². The van der Waals surface area contributed by atoms with E-state index in [4.69, 9.17) is 23.7 Å². The molecule has 5 rings (SSSR count). The van der Waals surface area contributed by atoms with E-state index in [1.54, 1.807) is 35.2 Å². The molecule has 0 unspecified atom stereocenters. The molecule has 2 aliphatic heterocycles. The first-order chi connectivity index (χ1) is 18.4. The van der Waals surface area contributed by atoms with Crippen LogP contribution in [0.25, 0.3) is 0 Å². The van der Waals surface area contributed by atoms with Crippen LogP contribution in [0.5, 0.6) is 28.7 Å². The second-order valence-electron chi connectivity index (χ2n) is 8.85. The number of ether oxygens (including phenoxy) is 5. The molecule has 10 heteroatoms. The molecular formula is C28H27FN2O7. The van der Waals surface area contributed by atoms with E-state index in [9.17, 15) is 14.0 Å². The molecule has 2 aliphatic rings. The van der Waals surface area contributed by atoms with Crippen molar-refractivity contribution < 1.29 is 37.7 Å². The van der Waals surface area contributed by atoms with E-state index < -0.39 is 17.8 Å². The Balaban J connectivity index is 1.62. The number of rotatable bonds is 7. The molecule has 0 spiro atoms. The third-order valence-electron chi connectivity index (χ3n) is 6.71. The number of benzene rings is 3. The van der Waals surface area contributed by atoms with Crippen LogP contribution in [-0.4, -0.2) is 39.9 Å². The number of amides is 2. The molecule has 0 radical (unpaired) electrons. The smallest absolute Gasteiger partial charge is 0.231 e. The average Bonchev–Trinajstić information content (AvgIpc) is 3.41. The van der Waals surface area contributed by atoms with E-state index in [2.05, 4.69) is 5.32 Å². The molecule has 0 aliphatic carbocycles. The van der Waals surface area contributed by atoms with Crippen LogP contribution in [0.15, 0.2) is 54.6 Å². The summed E-state index contributed by atoms with van der Waals surface area (Å²) in [5.41, 5.74) is 1.62. The largest absolute Gasteiger partial charge is 0.493 e. The third kappa shape index (κ3) is 4.65. The molecule has 38 heavy (non-hydrogen) atoms. The van der Waals surface area contributed by atoms with Gasteiger partial charge in [-0.25, -0.2) is 4.39 Å². The Morgan fingerprint density at radius 3 is 2.29 bits per heavy atom. The summed E-state index contributed by atoms with van der Waals surface area (Å²) in [6, 6.07) is 13.5. The fraction of sp³-hybridized carbons (Fsp3) is 0.286. The standard InChI is InChI=1S/C28H27FN2O7/c1-34-23-12-16(13-24(35-2)27(23)36-3)26-20(28(33)30-18-6-4-17(29)5-7-18)9-11-25(32)31(26)19-8-10-21-22(14-19)38-15-37-21/h4-8,10,12-14,20,26H,9,11,15H2,1-3H3,(H,30,33)/t20-,26+/m1/s1. The van der Waals surface area contributed by atoms with Crippen molar-refractivity contribution in [2.45, 2.75) is 18.9 Å². The number of nitrogens with zero attached hydrogens (tertiary/aromatic N) is 1. The fourth-order valence-electron chi connectivity index (χ4n) is 4.93. The number of methoxy groups -OCH3 is 3. The lowest BCUT2D eigenvalue weighted by Gasteiger charge is -2.41. The maximum atomic E-state index is 13.7. The highest BCUT2D eigenvalue weighted by atomic mass is 19.1. The Bertz CT molecular complexity index is 1340. The lowest BCUT2D eigenvalue weighted by molar-refractivity contribution is -0.125. The van der Waals surface area contributed by atoms with E-state index in [-0.39, 0.29) is 25.0 Å². The summed E-state index contributed by atoms with van der Waals surface area (Å²) in [4.78, 5) is 28.7. The Morgan fingerprint density at radius 2 is 1.63 bits per heavy atom. The van der Waals surface area contributed by atoms with Crippen LogP contribution in [0.1, 0.15) is 24.4 Å². The second-order valence-corrected chi connectivity index (χ2v) is 8.85. The van der Waals surface area contributed by atoms with Gasteiger partial charge in [0.25, 0.3) is 0 Å². The predicted octanol–water partition coefficient (Wildman–Crippen LogP) is 4.70. The lowest BCUT2D eigenvalue weighted by atomic mass is 9.82. The highest BCUT2D eigenvalue weighted by Gasteiger charge is 2.42. The zero-order chi connectivity index (χ0) is 26.8. The van der Waals surface area contributed by atoms with Gasteiger partial charge in [0, 0.05) is 23.9 Å². The first-order valence-corrected chi connectivity index (χ1v) is 12.0. The van der Waals surface area contributed by atoms with Crippen molar-refractivity contribution in [3.05, 3.63) is 66.0 Å². The minimum atomic E-state index is -0.731. The maximum Gasteiger partial charge on any atom is 0.231 e. The van der Waals surface area contributed by atoms with Crippen molar-refractivity contribution in [2.75, 3.05) is 38.3 Å². The minimum absolute atomic E-state index is 0.0890. The highest BCUT2D eigenvalue weighted by molar-refractivity contribution is 6.00. The summed E-state index contributed by atoms with van der Waals surface area (Å²) in [5, 5.41) is 2.87. The Kier molecular flexibility index (Phi) is 6.95. The molecule has 3 aromatic rings. The summed E-state index contributed by atoms with van der Waals surface area (Å²) < 4.78 is 41.0. The number of hydrogen-bond acceptors (Lipinski definition) is 7. The summed E-state index contributed by atoms with van der Waals surface area (Å²) in [5.74, 6) is 0.725. The molecule has 0 aromatic heterocycles. The first kappa shape index (κ1) is 25.2. The van der Waals surface area contributed by atoms with Crippen molar-refractivity contribution in [2.24, 2.45) is 5.92 Å². The van der Waals surface area contributed by atoms with Crippen LogP contribution in [0.3, 0.4) is 0 Å². The van der Waals surface area contributed by atoms with Gasteiger partial charge >= 0.3 is 0 Å². The number of hydrogen-bond donors (Lipinski definition) is 1. The summed E-state index contributed by atoms with van der Waals surface area (Å²) in [6.45, 7) is 0.0890. The van der Waals surface area contributed by atoms with Gasteiger partial charge in [0.1, 0.15) is 5.82 Å². The Morgan fingerprint density at radius 1 is 0.947 bits per heavy atom. The van der Waals surface area contributed by atoms with Crippen molar-refractivity contribution in [1.82, 2.24) is 0 Å². The number of carbonyl (C=O) groups excluding carboxylic acids is 2. The van der Waals surface area contributed by atoms with Gasteiger partial charge < -0.3 is 33.9 Å². The summed E-state index contributed by atoms with van der Waals surface area (Å²) in [6.07, 6.45) is 0.450. The zero-order valence-corrected chi connectivity index (χ0v) is 21.2. The third-order valence-corrected chi connectivity index (χ3v) is 6.71.